The molecule has 0 spiro atoms. The molecule has 1 fully saturated rings. The van der Waals surface area contributed by atoms with Crippen LogP contribution in [-0.4, -0.2) is 35.2 Å². The molecule has 3 rings (SSSR count). The molecule has 1 aromatic heterocycles. The summed E-state index contributed by atoms with van der Waals surface area (Å²) in [7, 11) is -3.29. The lowest BCUT2D eigenvalue weighted by Crippen LogP contribution is -2.39. The summed E-state index contributed by atoms with van der Waals surface area (Å²) in [6.45, 7) is 2.50. The van der Waals surface area contributed by atoms with Gasteiger partial charge in [0, 0.05) is 6.04 Å². The quantitative estimate of drug-likeness (QED) is 0.912. The largest absolute Gasteiger partial charge is 0.244 e. The predicted octanol–water partition coefficient (Wildman–Crippen LogP) is 1.93. The average Bonchev–Trinajstić information content (AvgIpc) is 2.88. The molecule has 0 bridgehead atoms. The monoisotopic (exact) mass is 322 g/mol. The molecule has 7 heteroatoms. The van der Waals surface area contributed by atoms with Gasteiger partial charge in [0.05, 0.1) is 17.8 Å². The van der Waals surface area contributed by atoms with E-state index in [-0.39, 0.29) is 11.8 Å². The number of nitrogens with zero attached hydrogens (tertiary/aromatic N) is 3. The highest BCUT2D eigenvalue weighted by Crippen LogP contribution is 2.24. The molecule has 6 nitrogen and oxygen atoms in total. The zero-order chi connectivity index (χ0) is 15.6. The Bertz CT molecular complexity index is 741. The van der Waals surface area contributed by atoms with Gasteiger partial charge in [-0.15, -0.1) is 5.10 Å². The minimum absolute atomic E-state index is 0.0330. The second-order valence-corrected chi connectivity index (χ2v) is 8.08. The lowest BCUT2D eigenvalue weighted by Gasteiger charge is -2.27. The highest BCUT2D eigenvalue weighted by molar-refractivity contribution is 7.89. The van der Waals surface area contributed by atoms with Gasteiger partial charge in [-0.3, -0.25) is 0 Å². The number of hydrogen-bond donors (Lipinski definition) is 1. The van der Waals surface area contributed by atoms with Gasteiger partial charge in [0.1, 0.15) is 5.52 Å². The number of aromatic nitrogens is 3. The molecule has 120 valence electrons. The summed E-state index contributed by atoms with van der Waals surface area (Å²) < 4.78 is 29.0. The van der Waals surface area contributed by atoms with E-state index in [1.54, 1.807) is 4.68 Å². The molecule has 1 heterocycles. The van der Waals surface area contributed by atoms with Crippen molar-refractivity contribution in [2.45, 2.75) is 45.2 Å². The molecular formula is C15H22N4O2S. The molecule has 0 saturated heterocycles. The Morgan fingerprint density at radius 3 is 2.95 bits per heavy atom. The van der Waals surface area contributed by atoms with Gasteiger partial charge >= 0.3 is 0 Å². The van der Waals surface area contributed by atoms with E-state index in [2.05, 4.69) is 22.0 Å². The van der Waals surface area contributed by atoms with Crippen LogP contribution in [0.1, 0.15) is 32.6 Å². The normalized spacial score (nSPS) is 23.0. The van der Waals surface area contributed by atoms with Crippen LogP contribution in [0.4, 0.5) is 0 Å². The zero-order valence-electron chi connectivity index (χ0n) is 12.8. The van der Waals surface area contributed by atoms with Crippen LogP contribution >= 0.6 is 0 Å². The third-order valence-electron chi connectivity index (χ3n) is 4.27. The van der Waals surface area contributed by atoms with Crippen molar-refractivity contribution >= 4 is 21.1 Å². The molecule has 0 radical (unpaired) electrons. The Kier molecular flexibility index (Phi) is 4.44. The molecule has 1 saturated carbocycles. The molecule has 1 aliphatic rings. The summed E-state index contributed by atoms with van der Waals surface area (Å²) in [6, 6.07) is 7.65. The summed E-state index contributed by atoms with van der Waals surface area (Å²) in [5, 5.41) is 8.07. The Morgan fingerprint density at radius 2 is 2.14 bits per heavy atom. The first-order chi connectivity index (χ1) is 10.5. The van der Waals surface area contributed by atoms with Gasteiger partial charge in [0.25, 0.3) is 0 Å². The van der Waals surface area contributed by atoms with Crippen LogP contribution in [0.2, 0.25) is 0 Å². The summed E-state index contributed by atoms with van der Waals surface area (Å²) in [4.78, 5) is 0. The maximum atomic E-state index is 12.3. The number of nitrogens with one attached hydrogen (secondary N) is 1. The maximum absolute atomic E-state index is 12.3. The zero-order valence-corrected chi connectivity index (χ0v) is 13.6. The van der Waals surface area contributed by atoms with Crippen molar-refractivity contribution in [1.29, 1.82) is 0 Å². The van der Waals surface area contributed by atoms with Crippen LogP contribution < -0.4 is 4.72 Å². The highest BCUT2D eigenvalue weighted by Gasteiger charge is 2.23. The molecule has 0 amide bonds. The molecule has 1 aromatic carbocycles. The molecule has 1 aliphatic carbocycles. The summed E-state index contributed by atoms with van der Waals surface area (Å²) in [5.74, 6) is 0.631. The molecular weight excluding hydrogens is 300 g/mol. The van der Waals surface area contributed by atoms with Crippen molar-refractivity contribution in [1.82, 2.24) is 19.7 Å². The van der Waals surface area contributed by atoms with E-state index in [0.29, 0.717) is 12.5 Å². The van der Waals surface area contributed by atoms with Crippen molar-refractivity contribution in [3.8, 4) is 0 Å². The molecule has 0 aliphatic heterocycles. The van der Waals surface area contributed by atoms with Crippen LogP contribution in [0, 0.1) is 5.92 Å². The van der Waals surface area contributed by atoms with Gasteiger partial charge in [0.15, 0.2) is 0 Å². The van der Waals surface area contributed by atoms with E-state index in [0.717, 1.165) is 30.3 Å². The third kappa shape index (κ3) is 3.64. The topological polar surface area (TPSA) is 76.9 Å². The van der Waals surface area contributed by atoms with Crippen molar-refractivity contribution in [2.75, 3.05) is 5.75 Å². The fraction of sp³-hybridized carbons (Fsp3) is 0.600. The minimum atomic E-state index is -3.29. The van der Waals surface area contributed by atoms with Crippen LogP contribution in [-0.2, 0) is 16.6 Å². The summed E-state index contributed by atoms with van der Waals surface area (Å²) >= 11 is 0. The van der Waals surface area contributed by atoms with E-state index < -0.39 is 10.0 Å². The fourth-order valence-corrected chi connectivity index (χ4v) is 4.40. The first kappa shape index (κ1) is 15.4. The predicted molar refractivity (Wildman–Crippen MR) is 85.9 cm³/mol. The first-order valence-electron chi connectivity index (χ1n) is 7.82. The highest BCUT2D eigenvalue weighted by atomic mass is 32.2. The Labute approximate surface area is 130 Å². The number of fused-ring (bicyclic) bond motifs is 1. The standard InChI is InChI=1S/C15H22N4O2S/c1-12-5-4-6-13(11-12)17-22(20,21)10-9-19-15-8-3-2-7-14(15)16-18-19/h2-3,7-8,12-13,17H,4-6,9-11H2,1H3/t12-,13-/m1/s1. The number of sulfonamides is 1. The lowest BCUT2D eigenvalue weighted by molar-refractivity contribution is 0.327. The number of para-hydroxylation sites is 1. The Morgan fingerprint density at radius 1 is 1.32 bits per heavy atom. The Balaban J connectivity index is 1.62. The smallest absolute Gasteiger partial charge is 0.213 e. The Hall–Kier alpha value is -1.47. The number of benzene rings is 1. The molecule has 2 atom stereocenters. The summed E-state index contributed by atoms with van der Waals surface area (Å²) in [5.41, 5.74) is 1.65. The second-order valence-electron chi connectivity index (χ2n) is 6.21. The van der Waals surface area contributed by atoms with Gasteiger partial charge in [0.2, 0.25) is 10.0 Å². The number of aryl methyl sites for hydroxylation is 1. The van der Waals surface area contributed by atoms with Gasteiger partial charge in [-0.2, -0.15) is 0 Å². The van der Waals surface area contributed by atoms with Gasteiger partial charge in [-0.1, -0.05) is 37.1 Å². The maximum Gasteiger partial charge on any atom is 0.213 e. The molecule has 0 unspecified atom stereocenters. The number of hydrogen-bond acceptors (Lipinski definition) is 4. The van der Waals surface area contributed by atoms with Crippen LogP contribution in [0.5, 0.6) is 0 Å². The van der Waals surface area contributed by atoms with E-state index in [4.69, 9.17) is 0 Å². The third-order valence-corrected chi connectivity index (χ3v) is 5.69. The first-order valence-corrected chi connectivity index (χ1v) is 9.47. The van der Waals surface area contributed by atoms with Crippen molar-refractivity contribution in [3.63, 3.8) is 0 Å². The van der Waals surface area contributed by atoms with Crippen molar-refractivity contribution < 1.29 is 8.42 Å². The van der Waals surface area contributed by atoms with E-state index in [1.165, 1.54) is 6.42 Å². The van der Waals surface area contributed by atoms with Crippen molar-refractivity contribution in [3.05, 3.63) is 24.3 Å². The van der Waals surface area contributed by atoms with E-state index in [1.807, 2.05) is 24.3 Å². The van der Waals surface area contributed by atoms with Gasteiger partial charge in [-0.05, 0) is 30.9 Å². The molecule has 1 N–H and O–H groups in total. The lowest BCUT2D eigenvalue weighted by atomic mass is 9.88. The van der Waals surface area contributed by atoms with E-state index >= 15 is 0 Å². The van der Waals surface area contributed by atoms with Gasteiger partial charge in [-0.25, -0.2) is 17.8 Å². The molecule has 22 heavy (non-hydrogen) atoms. The van der Waals surface area contributed by atoms with Gasteiger partial charge < -0.3 is 0 Å². The second kappa shape index (κ2) is 6.34. The van der Waals surface area contributed by atoms with Crippen LogP contribution in [0.15, 0.2) is 24.3 Å². The van der Waals surface area contributed by atoms with Crippen molar-refractivity contribution in [2.24, 2.45) is 5.92 Å². The number of rotatable bonds is 5. The average molecular weight is 322 g/mol. The van der Waals surface area contributed by atoms with Crippen LogP contribution in [0.3, 0.4) is 0 Å². The fourth-order valence-electron chi connectivity index (χ4n) is 3.14. The summed E-state index contributed by atoms with van der Waals surface area (Å²) in [6.07, 6.45) is 4.17. The molecule has 2 aromatic rings. The SMILES string of the molecule is C[C@@H]1CCC[C@@H](NS(=O)(=O)CCn2nnc3ccccc32)C1. The minimum Gasteiger partial charge on any atom is -0.244 e. The van der Waals surface area contributed by atoms with E-state index in [9.17, 15) is 8.42 Å². The van der Waals surface area contributed by atoms with Crippen LogP contribution in [0.25, 0.3) is 11.0 Å².